The molecule has 2 rings (SSSR count). The van der Waals surface area contributed by atoms with E-state index in [1.165, 1.54) is 0 Å². The Morgan fingerprint density at radius 1 is 1.35 bits per heavy atom. The van der Waals surface area contributed by atoms with Gasteiger partial charge in [-0.3, -0.25) is 4.79 Å². The summed E-state index contributed by atoms with van der Waals surface area (Å²) in [6.07, 6.45) is 3.36. The van der Waals surface area contributed by atoms with Crippen LogP contribution in [0.2, 0.25) is 0 Å². The first-order valence-corrected chi connectivity index (χ1v) is 8.49. The van der Waals surface area contributed by atoms with Crippen LogP contribution in [-0.4, -0.2) is 65.3 Å². The molecule has 1 aliphatic heterocycles. The number of aryl methyl sites for hydroxylation is 1. The van der Waals surface area contributed by atoms with Gasteiger partial charge in [0.25, 0.3) is 5.91 Å². The van der Waals surface area contributed by atoms with Crippen LogP contribution in [0.3, 0.4) is 0 Å². The van der Waals surface area contributed by atoms with Gasteiger partial charge in [-0.25, -0.2) is 0 Å². The molecule has 5 nitrogen and oxygen atoms in total. The number of aromatic hydroxyl groups is 1. The minimum absolute atomic E-state index is 0.0748. The predicted molar refractivity (Wildman–Crippen MR) is 90.7 cm³/mol. The largest absolute Gasteiger partial charge is 0.507 e. The molecule has 0 aliphatic carbocycles. The molecule has 0 unspecified atom stereocenters. The van der Waals surface area contributed by atoms with Gasteiger partial charge in [0, 0.05) is 32.3 Å². The Bertz CT molecular complexity index is 525. The van der Waals surface area contributed by atoms with Crippen LogP contribution < -0.4 is 0 Å². The lowest BCUT2D eigenvalue weighted by atomic mass is 10.0. The lowest BCUT2D eigenvalue weighted by molar-refractivity contribution is 0.0638. The zero-order valence-electron chi connectivity index (χ0n) is 14.2. The van der Waals surface area contributed by atoms with Crippen molar-refractivity contribution in [2.24, 2.45) is 0 Å². The van der Waals surface area contributed by atoms with Crippen molar-refractivity contribution in [3.63, 3.8) is 0 Å². The van der Waals surface area contributed by atoms with Crippen LogP contribution in [0.4, 0.5) is 0 Å². The van der Waals surface area contributed by atoms with E-state index in [1.807, 2.05) is 24.0 Å². The van der Waals surface area contributed by atoms with Gasteiger partial charge in [0.15, 0.2) is 0 Å². The molecule has 128 valence electrons. The Morgan fingerprint density at radius 3 is 2.65 bits per heavy atom. The van der Waals surface area contributed by atoms with Crippen LogP contribution in [0, 0.1) is 0 Å². The van der Waals surface area contributed by atoms with Crippen molar-refractivity contribution in [3.05, 3.63) is 29.3 Å². The average Bonchev–Trinajstić information content (AvgIpc) is 2.59. The third-order valence-electron chi connectivity index (χ3n) is 4.77. The molecule has 1 fully saturated rings. The second kappa shape index (κ2) is 8.31. The Morgan fingerprint density at radius 2 is 2.04 bits per heavy atom. The number of phenolic OH excluding ortho intramolecular Hbond substituents is 1. The van der Waals surface area contributed by atoms with Crippen LogP contribution in [0.15, 0.2) is 18.2 Å². The summed E-state index contributed by atoms with van der Waals surface area (Å²) in [6.45, 7) is 4.49. The Balaban J connectivity index is 1.96. The number of likely N-dealkylation sites (tertiary alicyclic amines) is 1. The fourth-order valence-electron chi connectivity index (χ4n) is 3.23. The van der Waals surface area contributed by atoms with E-state index in [0.717, 1.165) is 31.4 Å². The Kier molecular flexibility index (Phi) is 6.42. The quantitative estimate of drug-likeness (QED) is 0.840. The molecule has 1 aliphatic rings. The third kappa shape index (κ3) is 4.24. The van der Waals surface area contributed by atoms with Crippen LogP contribution >= 0.6 is 0 Å². The summed E-state index contributed by atoms with van der Waals surface area (Å²) in [4.78, 5) is 16.8. The van der Waals surface area contributed by atoms with Gasteiger partial charge in [0.2, 0.25) is 0 Å². The summed E-state index contributed by atoms with van der Waals surface area (Å²) in [5, 5.41) is 19.2. The highest BCUT2D eigenvalue weighted by atomic mass is 16.3. The van der Waals surface area contributed by atoms with Gasteiger partial charge in [-0.2, -0.15) is 0 Å². The highest BCUT2D eigenvalue weighted by Crippen LogP contribution is 2.26. The van der Waals surface area contributed by atoms with Gasteiger partial charge in [0.05, 0.1) is 5.56 Å². The van der Waals surface area contributed by atoms with Gasteiger partial charge >= 0.3 is 0 Å². The number of aliphatic hydroxyl groups excluding tert-OH is 1. The molecule has 1 aromatic rings. The van der Waals surface area contributed by atoms with E-state index < -0.39 is 0 Å². The fourth-order valence-corrected chi connectivity index (χ4v) is 3.23. The van der Waals surface area contributed by atoms with E-state index in [2.05, 4.69) is 11.9 Å². The van der Waals surface area contributed by atoms with Crippen molar-refractivity contribution in [2.45, 2.75) is 38.6 Å². The van der Waals surface area contributed by atoms with Crippen LogP contribution in [0.5, 0.6) is 5.75 Å². The minimum Gasteiger partial charge on any atom is -0.507 e. The van der Waals surface area contributed by atoms with Gasteiger partial charge in [0.1, 0.15) is 5.75 Å². The molecule has 0 radical (unpaired) electrons. The van der Waals surface area contributed by atoms with Crippen LogP contribution in [0.1, 0.15) is 42.1 Å². The van der Waals surface area contributed by atoms with Crippen LogP contribution in [-0.2, 0) is 6.42 Å². The molecular weight excluding hydrogens is 292 g/mol. The molecule has 0 atom stereocenters. The molecule has 1 amide bonds. The number of phenols is 1. The van der Waals surface area contributed by atoms with Crippen LogP contribution in [0.25, 0.3) is 0 Å². The SMILES string of the molecule is CCc1cccc(C(=O)N2CCC(N(C)CCCO)CC2)c1O. The van der Waals surface area contributed by atoms with Gasteiger partial charge in [-0.05, 0) is 44.4 Å². The lowest BCUT2D eigenvalue weighted by Crippen LogP contribution is -2.45. The van der Waals surface area contributed by atoms with E-state index in [1.54, 1.807) is 6.07 Å². The second-order valence-electron chi connectivity index (χ2n) is 6.25. The number of carbonyl (C=O) groups excluding carboxylic acids is 1. The molecule has 2 N–H and O–H groups in total. The highest BCUT2D eigenvalue weighted by Gasteiger charge is 2.27. The maximum atomic E-state index is 12.7. The maximum Gasteiger partial charge on any atom is 0.257 e. The summed E-state index contributed by atoms with van der Waals surface area (Å²) >= 11 is 0. The summed E-state index contributed by atoms with van der Waals surface area (Å²) in [7, 11) is 2.08. The topological polar surface area (TPSA) is 64.0 Å². The molecule has 1 saturated heterocycles. The molecule has 0 saturated carbocycles. The van der Waals surface area contributed by atoms with Gasteiger partial charge < -0.3 is 20.0 Å². The summed E-state index contributed by atoms with van der Waals surface area (Å²) < 4.78 is 0. The summed E-state index contributed by atoms with van der Waals surface area (Å²) in [5.74, 6) is 0.0523. The first kappa shape index (κ1) is 17.8. The van der Waals surface area contributed by atoms with Crippen molar-refractivity contribution in [1.29, 1.82) is 0 Å². The number of hydrogen-bond acceptors (Lipinski definition) is 4. The second-order valence-corrected chi connectivity index (χ2v) is 6.25. The number of amides is 1. The molecule has 0 bridgehead atoms. The fraction of sp³-hybridized carbons (Fsp3) is 0.611. The van der Waals surface area contributed by atoms with Gasteiger partial charge in [-0.1, -0.05) is 19.1 Å². The average molecular weight is 320 g/mol. The maximum absolute atomic E-state index is 12.7. The number of rotatable bonds is 6. The Labute approximate surface area is 138 Å². The zero-order chi connectivity index (χ0) is 16.8. The monoisotopic (exact) mass is 320 g/mol. The van der Waals surface area contributed by atoms with Gasteiger partial charge in [-0.15, -0.1) is 0 Å². The number of nitrogens with zero attached hydrogens (tertiary/aromatic N) is 2. The van der Waals surface area contributed by atoms with Crippen molar-refractivity contribution in [2.75, 3.05) is 33.3 Å². The lowest BCUT2D eigenvalue weighted by Gasteiger charge is -2.37. The number of hydrogen-bond donors (Lipinski definition) is 2. The number of carbonyl (C=O) groups is 1. The first-order chi connectivity index (χ1) is 11.1. The van der Waals surface area contributed by atoms with E-state index in [-0.39, 0.29) is 18.3 Å². The number of aliphatic hydroxyl groups is 1. The number of benzene rings is 1. The highest BCUT2D eigenvalue weighted by molar-refractivity contribution is 5.97. The molecule has 23 heavy (non-hydrogen) atoms. The summed E-state index contributed by atoms with van der Waals surface area (Å²) in [5.41, 5.74) is 1.23. The molecule has 5 heteroatoms. The summed E-state index contributed by atoms with van der Waals surface area (Å²) in [6, 6.07) is 5.85. The standard InChI is InChI=1S/C18H28N2O3/c1-3-14-6-4-7-16(17(14)22)18(23)20-11-8-15(9-12-20)19(2)10-5-13-21/h4,6-7,15,21-22H,3,5,8-13H2,1-2H3. The number of piperidine rings is 1. The van der Waals surface area contributed by atoms with E-state index in [9.17, 15) is 9.90 Å². The Hall–Kier alpha value is -1.59. The third-order valence-corrected chi connectivity index (χ3v) is 4.77. The first-order valence-electron chi connectivity index (χ1n) is 8.49. The van der Waals surface area contributed by atoms with E-state index in [4.69, 9.17) is 5.11 Å². The van der Waals surface area contributed by atoms with Crippen molar-refractivity contribution in [1.82, 2.24) is 9.80 Å². The van der Waals surface area contributed by atoms with E-state index in [0.29, 0.717) is 31.1 Å². The molecule has 0 aromatic heterocycles. The molecular formula is C18H28N2O3. The molecule has 1 aromatic carbocycles. The van der Waals surface area contributed by atoms with Crippen molar-refractivity contribution in [3.8, 4) is 5.75 Å². The normalized spacial score (nSPS) is 16.1. The molecule has 1 heterocycles. The number of para-hydroxylation sites is 1. The zero-order valence-corrected chi connectivity index (χ0v) is 14.2. The van der Waals surface area contributed by atoms with Crippen molar-refractivity contribution >= 4 is 5.91 Å². The van der Waals surface area contributed by atoms with E-state index >= 15 is 0 Å². The predicted octanol–water partition coefficient (Wildman–Crippen LogP) is 1.87. The minimum atomic E-state index is -0.0748. The van der Waals surface area contributed by atoms with Crippen molar-refractivity contribution < 1.29 is 15.0 Å². The smallest absolute Gasteiger partial charge is 0.257 e. The molecule has 0 spiro atoms.